The van der Waals surface area contributed by atoms with Gasteiger partial charge in [0.2, 0.25) is 5.78 Å². The largest absolute Gasteiger partial charge is 0.454 e. The van der Waals surface area contributed by atoms with Gasteiger partial charge in [0.25, 0.3) is 0 Å². The molecule has 92 valence electrons. The van der Waals surface area contributed by atoms with Crippen molar-refractivity contribution in [2.75, 3.05) is 0 Å². The summed E-state index contributed by atoms with van der Waals surface area (Å²) in [4.78, 5) is 37.0. The molecule has 1 N–H and O–H groups in total. The maximum Gasteiger partial charge on any atom is 0.375 e. The lowest BCUT2D eigenvalue weighted by Crippen LogP contribution is -2.30. The van der Waals surface area contributed by atoms with E-state index in [1.165, 1.54) is 6.20 Å². The molecule has 0 spiro atoms. The van der Waals surface area contributed by atoms with Crippen molar-refractivity contribution in [1.82, 2.24) is 4.98 Å². The van der Waals surface area contributed by atoms with Crippen molar-refractivity contribution in [2.24, 2.45) is 0 Å². The highest BCUT2D eigenvalue weighted by Crippen LogP contribution is 2.09. The first-order valence-corrected chi connectivity index (χ1v) is 5.22. The van der Waals surface area contributed by atoms with Crippen LogP contribution >= 0.6 is 0 Å². The molecule has 0 fully saturated rings. The molecule has 0 saturated carbocycles. The number of hydrogen-bond donors (Lipinski definition) is 1. The number of carbonyl (C=O) groups excluding carboxylic acids is 3. The molecule has 17 heavy (non-hydrogen) atoms. The number of H-pyrrole nitrogens is 1. The number of esters is 1. The van der Waals surface area contributed by atoms with Crippen molar-refractivity contribution in [3.8, 4) is 0 Å². The minimum atomic E-state index is -0.971. The SMILES string of the molecule is CC(C)(C)OC(=O)C(=O)CC(=O)c1cc[nH]c1. The number of Topliss-reactive ketones (excluding diaryl/α,β-unsaturated/α-hetero) is 2. The van der Waals surface area contributed by atoms with E-state index in [-0.39, 0.29) is 0 Å². The lowest BCUT2D eigenvalue weighted by atomic mass is 10.1. The molecule has 1 rings (SSSR count). The first-order valence-electron chi connectivity index (χ1n) is 5.22. The molecule has 0 amide bonds. The van der Waals surface area contributed by atoms with Crippen molar-refractivity contribution in [1.29, 1.82) is 0 Å². The normalized spacial score (nSPS) is 11.0. The molecular weight excluding hydrogens is 222 g/mol. The van der Waals surface area contributed by atoms with E-state index in [9.17, 15) is 14.4 Å². The summed E-state index contributed by atoms with van der Waals surface area (Å²) in [7, 11) is 0. The molecule has 5 heteroatoms. The predicted octanol–water partition coefficient (Wildman–Crippen LogP) is 1.50. The first-order chi connectivity index (χ1) is 7.79. The summed E-state index contributed by atoms with van der Waals surface area (Å²) < 4.78 is 4.87. The zero-order chi connectivity index (χ0) is 13.1. The molecule has 1 aromatic heterocycles. The van der Waals surface area contributed by atoms with E-state index in [1.54, 1.807) is 33.0 Å². The molecule has 1 heterocycles. The van der Waals surface area contributed by atoms with Crippen molar-refractivity contribution in [3.63, 3.8) is 0 Å². The van der Waals surface area contributed by atoms with Crippen LogP contribution in [0.2, 0.25) is 0 Å². The van der Waals surface area contributed by atoms with Gasteiger partial charge in [-0.2, -0.15) is 0 Å². The topological polar surface area (TPSA) is 76.2 Å². The molecule has 0 saturated heterocycles. The van der Waals surface area contributed by atoms with Gasteiger partial charge in [0, 0.05) is 18.0 Å². The van der Waals surface area contributed by atoms with Gasteiger partial charge in [0.05, 0.1) is 6.42 Å². The van der Waals surface area contributed by atoms with Crippen LogP contribution in [0.25, 0.3) is 0 Å². The van der Waals surface area contributed by atoms with Crippen molar-refractivity contribution in [2.45, 2.75) is 32.8 Å². The molecule has 0 bridgehead atoms. The second-order valence-corrected chi connectivity index (χ2v) is 4.62. The van der Waals surface area contributed by atoms with Crippen LogP contribution in [0.5, 0.6) is 0 Å². The van der Waals surface area contributed by atoms with Gasteiger partial charge in [0.15, 0.2) is 5.78 Å². The number of ketones is 2. The molecule has 0 atom stereocenters. The Bertz CT molecular complexity index is 426. The van der Waals surface area contributed by atoms with Crippen LogP contribution in [-0.4, -0.2) is 28.1 Å². The van der Waals surface area contributed by atoms with Gasteiger partial charge in [-0.25, -0.2) is 4.79 Å². The van der Waals surface area contributed by atoms with Crippen LogP contribution < -0.4 is 0 Å². The maximum atomic E-state index is 11.5. The highest BCUT2D eigenvalue weighted by molar-refractivity contribution is 6.38. The second-order valence-electron chi connectivity index (χ2n) is 4.62. The summed E-state index contributed by atoms with van der Waals surface area (Å²) in [6.07, 6.45) is 2.59. The number of aromatic amines is 1. The van der Waals surface area contributed by atoms with Crippen molar-refractivity contribution in [3.05, 3.63) is 24.0 Å². The lowest BCUT2D eigenvalue weighted by Gasteiger charge is -2.18. The van der Waals surface area contributed by atoms with E-state index in [4.69, 9.17) is 4.74 Å². The summed E-state index contributed by atoms with van der Waals surface area (Å²) in [6.45, 7) is 4.98. The zero-order valence-electron chi connectivity index (χ0n) is 10.1. The summed E-state index contributed by atoms with van der Waals surface area (Å²) in [5.41, 5.74) is -0.355. The van der Waals surface area contributed by atoms with E-state index >= 15 is 0 Å². The van der Waals surface area contributed by atoms with Gasteiger partial charge < -0.3 is 9.72 Å². The molecule has 0 unspecified atom stereocenters. The van der Waals surface area contributed by atoms with Crippen LogP contribution in [0, 0.1) is 0 Å². The molecule has 0 aromatic carbocycles. The predicted molar refractivity (Wildman–Crippen MR) is 60.6 cm³/mol. The highest BCUT2D eigenvalue weighted by atomic mass is 16.6. The molecule has 0 aliphatic heterocycles. The number of aromatic nitrogens is 1. The van der Waals surface area contributed by atoms with E-state index in [2.05, 4.69) is 4.98 Å². The summed E-state index contributed by atoms with van der Waals surface area (Å²) >= 11 is 0. The van der Waals surface area contributed by atoms with E-state index < -0.39 is 29.6 Å². The Hall–Kier alpha value is -1.91. The minimum Gasteiger partial charge on any atom is -0.454 e. The standard InChI is InChI=1S/C12H15NO4/c1-12(2,3)17-11(16)10(15)6-9(14)8-4-5-13-7-8/h4-5,7,13H,6H2,1-3H3. The molecule has 0 aliphatic rings. The third-order valence-corrected chi connectivity index (χ3v) is 1.87. The Morgan fingerprint density at radius 1 is 1.29 bits per heavy atom. The Morgan fingerprint density at radius 2 is 1.94 bits per heavy atom. The molecule has 0 radical (unpaired) electrons. The quantitative estimate of drug-likeness (QED) is 0.372. The van der Waals surface area contributed by atoms with Gasteiger partial charge in [0.1, 0.15) is 5.60 Å². The number of hydrogen-bond acceptors (Lipinski definition) is 4. The number of rotatable bonds is 4. The third kappa shape index (κ3) is 4.22. The molecule has 0 aliphatic carbocycles. The maximum absolute atomic E-state index is 11.5. The lowest BCUT2D eigenvalue weighted by molar-refractivity contribution is -0.162. The third-order valence-electron chi connectivity index (χ3n) is 1.87. The zero-order valence-corrected chi connectivity index (χ0v) is 10.1. The van der Waals surface area contributed by atoms with Gasteiger partial charge in [-0.05, 0) is 26.8 Å². The van der Waals surface area contributed by atoms with Crippen LogP contribution in [0.3, 0.4) is 0 Å². The van der Waals surface area contributed by atoms with E-state index in [1.807, 2.05) is 0 Å². The number of nitrogens with one attached hydrogen (secondary N) is 1. The molecular formula is C12H15NO4. The fraction of sp³-hybridized carbons (Fsp3) is 0.417. The molecule has 1 aromatic rings. The van der Waals surface area contributed by atoms with Crippen LogP contribution in [-0.2, 0) is 14.3 Å². The van der Waals surface area contributed by atoms with Crippen LogP contribution in [0.4, 0.5) is 0 Å². The Kier molecular flexibility index (Phi) is 3.83. The van der Waals surface area contributed by atoms with E-state index in [0.29, 0.717) is 5.56 Å². The van der Waals surface area contributed by atoms with Gasteiger partial charge in [-0.1, -0.05) is 0 Å². The summed E-state index contributed by atoms with van der Waals surface area (Å²) in [5, 5.41) is 0. The minimum absolute atomic E-state index is 0.377. The van der Waals surface area contributed by atoms with E-state index in [0.717, 1.165) is 0 Å². The Balaban J connectivity index is 2.55. The van der Waals surface area contributed by atoms with Crippen molar-refractivity contribution >= 4 is 17.5 Å². The summed E-state index contributed by atoms with van der Waals surface area (Å²) in [5.74, 6) is -2.20. The Labute approximate surface area is 99.2 Å². The average Bonchev–Trinajstić information content (AvgIpc) is 2.67. The van der Waals surface area contributed by atoms with Crippen LogP contribution in [0.15, 0.2) is 18.5 Å². The first kappa shape index (κ1) is 13.2. The van der Waals surface area contributed by atoms with Crippen molar-refractivity contribution < 1.29 is 19.1 Å². The fourth-order valence-electron chi connectivity index (χ4n) is 1.15. The fourth-order valence-corrected chi connectivity index (χ4v) is 1.15. The van der Waals surface area contributed by atoms with Gasteiger partial charge in [-0.3, -0.25) is 9.59 Å². The number of ether oxygens (including phenoxy) is 1. The molecule has 5 nitrogen and oxygen atoms in total. The second kappa shape index (κ2) is 4.95. The van der Waals surface area contributed by atoms with Crippen LogP contribution in [0.1, 0.15) is 37.6 Å². The smallest absolute Gasteiger partial charge is 0.375 e. The monoisotopic (exact) mass is 237 g/mol. The summed E-state index contributed by atoms with van der Waals surface area (Å²) in [6, 6.07) is 1.55. The van der Waals surface area contributed by atoms with Gasteiger partial charge in [-0.15, -0.1) is 0 Å². The number of carbonyl (C=O) groups is 3. The highest BCUT2D eigenvalue weighted by Gasteiger charge is 2.25. The van der Waals surface area contributed by atoms with Gasteiger partial charge >= 0.3 is 5.97 Å². The average molecular weight is 237 g/mol. The Morgan fingerprint density at radius 3 is 2.41 bits per heavy atom.